The van der Waals surface area contributed by atoms with E-state index >= 15 is 0 Å². The zero-order valence-electron chi connectivity index (χ0n) is 7.94. The predicted molar refractivity (Wildman–Crippen MR) is 47.6 cm³/mol. The first-order chi connectivity index (χ1) is 6.74. The van der Waals surface area contributed by atoms with E-state index in [-0.39, 0.29) is 0 Å². The highest BCUT2D eigenvalue weighted by atomic mass is 16.4. The van der Waals surface area contributed by atoms with Crippen LogP contribution in [0.5, 0.6) is 0 Å². The summed E-state index contributed by atoms with van der Waals surface area (Å²) in [7, 11) is 0. The Kier molecular flexibility index (Phi) is 2.18. The highest BCUT2D eigenvalue weighted by Crippen LogP contribution is 2.07. The largest absolute Gasteiger partial charge is 0.444 e. The summed E-state index contributed by atoms with van der Waals surface area (Å²) in [6.45, 7) is 4.01. The van der Waals surface area contributed by atoms with E-state index in [0.717, 1.165) is 5.76 Å². The number of aromatic nitrogens is 3. The summed E-state index contributed by atoms with van der Waals surface area (Å²) in [5.41, 5.74) is 0. The van der Waals surface area contributed by atoms with Crippen molar-refractivity contribution in [1.82, 2.24) is 15.2 Å². The Balaban J connectivity index is 1.94. The van der Waals surface area contributed by atoms with Gasteiger partial charge in [0.2, 0.25) is 11.8 Å². The number of anilines is 1. The molecule has 1 N–H and O–H groups in total. The number of nitrogens with zero attached hydrogens (tertiary/aromatic N) is 3. The van der Waals surface area contributed by atoms with Gasteiger partial charge in [-0.2, -0.15) is 0 Å². The fourth-order valence-corrected chi connectivity index (χ4v) is 1.00. The van der Waals surface area contributed by atoms with Crippen LogP contribution >= 0.6 is 0 Å². The number of hydrogen-bond donors (Lipinski definition) is 1. The zero-order valence-corrected chi connectivity index (χ0v) is 7.94. The van der Waals surface area contributed by atoms with Gasteiger partial charge in [-0.1, -0.05) is 5.10 Å². The fourth-order valence-electron chi connectivity index (χ4n) is 1.00. The minimum Gasteiger partial charge on any atom is -0.444 e. The molecule has 2 aromatic heterocycles. The molecule has 74 valence electrons. The third kappa shape index (κ3) is 1.90. The lowest BCUT2D eigenvalue weighted by atomic mass is 10.6. The third-order valence-electron chi connectivity index (χ3n) is 1.59. The van der Waals surface area contributed by atoms with Crippen LogP contribution in [0, 0.1) is 13.8 Å². The first kappa shape index (κ1) is 8.74. The SMILES string of the molecule is Cc1cnc(CNc2nnc(C)o2)o1. The van der Waals surface area contributed by atoms with Gasteiger partial charge in [-0.15, -0.1) is 5.10 Å². The van der Waals surface area contributed by atoms with E-state index in [4.69, 9.17) is 8.83 Å². The average molecular weight is 194 g/mol. The molecule has 0 spiro atoms. The zero-order chi connectivity index (χ0) is 9.97. The van der Waals surface area contributed by atoms with Crippen LogP contribution in [-0.2, 0) is 6.54 Å². The minimum absolute atomic E-state index is 0.373. The Bertz CT molecular complexity index is 380. The molecule has 0 radical (unpaired) electrons. The molecule has 0 aliphatic carbocycles. The third-order valence-corrected chi connectivity index (χ3v) is 1.59. The van der Waals surface area contributed by atoms with Gasteiger partial charge in [-0.05, 0) is 6.92 Å². The van der Waals surface area contributed by atoms with Crippen molar-refractivity contribution in [1.29, 1.82) is 0 Å². The second-order valence-corrected chi connectivity index (χ2v) is 2.84. The number of aryl methyl sites for hydroxylation is 2. The van der Waals surface area contributed by atoms with Gasteiger partial charge in [0.25, 0.3) is 0 Å². The van der Waals surface area contributed by atoms with Gasteiger partial charge in [0.1, 0.15) is 5.76 Å². The second kappa shape index (κ2) is 3.49. The van der Waals surface area contributed by atoms with Crippen molar-refractivity contribution in [3.63, 3.8) is 0 Å². The molecule has 0 aliphatic heterocycles. The summed E-state index contributed by atoms with van der Waals surface area (Å²) in [4.78, 5) is 4.02. The molecule has 2 heterocycles. The quantitative estimate of drug-likeness (QED) is 0.793. The van der Waals surface area contributed by atoms with E-state index in [2.05, 4.69) is 20.5 Å². The lowest BCUT2D eigenvalue weighted by Gasteiger charge is -1.95. The van der Waals surface area contributed by atoms with Gasteiger partial charge in [-0.25, -0.2) is 4.98 Å². The van der Waals surface area contributed by atoms with Crippen LogP contribution in [0.3, 0.4) is 0 Å². The molecule has 2 rings (SSSR count). The molecule has 0 aliphatic rings. The summed E-state index contributed by atoms with van der Waals surface area (Å²) < 4.78 is 10.4. The summed E-state index contributed by atoms with van der Waals surface area (Å²) in [6, 6.07) is 0.373. The van der Waals surface area contributed by atoms with Crippen molar-refractivity contribution >= 4 is 6.01 Å². The van der Waals surface area contributed by atoms with E-state index < -0.39 is 0 Å². The van der Waals surface area contributed by atoms with Gasteiger partial charge in [0, 0.05) is 6.92 Å². The van der Waals surface area contributed by atoms with Crippen molar-refractivity contribution < 1.29 is 8.83 Å². The molecular formula is C8H10N4O2. The predicted octanol–water partition coefficient (Wildman–Crippen LogP) is 1.29. The monoisotopic (exact) mass is 194 g/mol. The number of nitrogens with one attached hydrogen (secondary N) is 1. The van der Waals surface area contributed by atoms with Crippen molar-refractivity contribution in [3.8, 4) is 0 Å². The minimum atomic E-state index is 0.373. The molecule has 0 fully saturated rings. The van der Waals surface area contributed by atoms with Crippen molar-refractivity contribution in [2.45, 2.75) is 20.4 Å². The lowest BCUT2D eigenvalue weighted by molar-refractivity contribution is 0.472. The molecule has 6 nitrogen and oxygen atoms in total. The maximum absolute atomic E-state index is 5.25. The number of rotatable bonds is 3. The van der Waals surface area contributed by atoms with Crippen LogP contribution in [-0.4, -0.2) is 15.2 Å². The smallest absolute Gasteiger partial charge is 0.315 e. The Morgan fingerprint density at radius 2 is 2.14 bits per heavy atom. The topological polar surface area (TPSA) is 77.0 Å². The maximum Gasteiger partial charge on any atom is 0.315 e. The van der Waals surface area contributed by atoms with Gasteiger partial charge in [0.15, 0.2) is 0 Å². The van der Waals surface area contributed by atoms with Crippen LogP contribution in [0.4, 0.5) is 6.01 Å². The van der Waals surface area contributed by atoms with E-state index in [9.17, 15) is 0 Å². The van der Waals surface area contributed by atoms with Gasteiger partial charge >= 0.3 is 6.01 Å². The molecule has 0 saturated heterocycles. The molecular weight excluding hydrogens is 184 g/mol. The lowest BCUT2D eigenvalue weighted by Crippen LogP contribution is -1.99. The van der Waals surface area contributed by atoms with Crippen LogP contribution in [0.1, 0.15) is 17.5 Å². The van der Waals surface area contributed by atoms with Crippen LogP contribution in [0.25, 0.3) is 0 Å². The first-order valence-electron chi connectivity index (χ1n) is 4.19. The van der Waals surface area contributed by atoms with Crippen molar-refractivity contribution in [2.75, 3.05) is 5.32 Å². The molecule has 0 aromatic carbocycles. The molecule has 14 heavy (non-hydrogen) atoms. The summed E-state index contributed by atoms with van der Waals surface area (Å²) in [5, 5.41) is 10.3. The first-order valence-corrected chi connectivity index (χ1v) is 4.19. The average Bonchev–Trinajstić information content (AvgIpc) is 2.72. The molecule has 2 aromatic rings. The van der Waals surface area contributed by atoms with E-state index in [1.54, 1.807) is 13.1 Å². The Morgan fingerprint density at radius 3 is 2.71 bits per heavy atom. The molecule has 0 amide bonds. The van der Waals surface area contributed by atoms with Crippen LogP contribution < -0.4 is 5.32 Å². The summed E-state index contributed by atoms with van der Waals surface area (Å²) in [6.07, 6.45) is 1.66. The highest BCUT2D eigenvalue weighted by molar-refractivity contribution is 5.17. The molecule has 0 saturated carbocycles. The second-order valence-electron chi connectivity index (χ2n) is 2.84. The Hall–Kier alpha value is -1.85. The van der Waals surface area contributed by atoms with Crippen LogP contribution in [0.15, 0.2) is 15.0 Å². The van der Waals surface area contributed by atoms with E-state index in [1.165, 1.54) is 0 Å². The Labute approximate surface area is 80.3 Å². The Morgan fingerprint density at radius 1 is 1.29 bits per heavy atom. The van der Waals surface area contributed by atoms with Crippen LogP contribution in [0.2, 0.25) is 0 Å². The standard InChI is InChI=1S/C8H10N4O2/c1-5-3-9-7(13-5)4-10-8-12-11-6(2)14-8/h3H,4H2,1-2H3,(H,10,12). The van der Waals surface area contributed by atoms with Crippen molar-refractivity contribution in [3.05, 3.63) is 23.7 Å². The maximum atomic E-state index is 5.25. The molecule has 0 atom stereocenters. The van der Waals surface area contributed by atoms with Gasteiger partial charge < -0.3 is 14.2 Å². The van der Waals surface area contributed by atoms with Crippen molar-refractivity contribution in [2.24, 2.45) is 0 Å². The fraction of sp³-hybridized carbons (Fsp3) is 0.375. The van der Waals surface area contributed by atoms with E-state index in [1.807, 2.05) is 6.92 Å². The summed E-state index contributed by atoms with van der Waals surface area (Å²) >= 11 is 0. The van der Waals surface area contributed by atoms with E-state index in [0.29, 0.717) is 24.3 Å². The molecule has 0 unspecified atom stereocenters. The molecule has 0 bridgehead atoms. The number of hydrogen-bond acceptors (Lipinski definition) is 6. The normalized spacial score (nSPS) is 10.4. The van der Waals surface area contributed by atoms with Gasteiger partial charge in [-0.3, -0.25) is 0 Å². The highest BCUT2D eigenvalue weighted by Gasteiger charge is 2.04. The van der Waals surface area contributed by atoms with Gasteiger partial charge in [0.05, 0.1) is 12.7 Å². The summed E-state index contributed by atoms with van der Waals surface area (Å²) in [5.74, 6) is 1.90. The number of oxazole rings is 1. The molecule has 6 heteroatoms.